The van der Waals surface area contributed by atoms with E-state index in [1.165, 1.54) is 0 Å². The molecule has 0 fully saturated rings. The number of nitrogens with two attached hydrogens (primary N) is 1. The topological polar surface area (TPSA) is 40.0 Å². The van der Waals surface area contributed by atoms with E-state index in [4.69, 9.17) is 5.73 Å². The Labute approximate surface area is 86.7 Å². The maximum absolute atomic E-state index is 5.89. The molecule has 1 heterocycles. The summed E-state index contributed by atoms with van der Waals surface area (Å²) in [5.74, 6) is 0.700. The molecule has 0 saturated heterocycles. The Morgan fingerprint density at radius 1 is 1.07 bits per heavy atom. The standard InChI is InChI=1S/C11H10N2S/c12-11(10-7-4-8-14-10)13-9-5-2-1-3-6-9/h1-8H,(H2,12,13)/p+1. The van der Waals surface area contributed by atoms with Crippen molar-refractivity contribution in [1.29, 1.82) is 0 Å². The average molecular weight is 203 g/mol. The molecule has 2 aromatic rings. The van der Waals surface area contributed by atoms with Gasteiger partial charge < -0.3 is 0 Å². The molecule has 0 atom stereocenters. The molecule has 0 aliphatic heterocycles. The number of nitrogens with one attached hydrogen (secondary N) is 1. The van der Waals surface area contributed by atoms with Gasteiger partial charge >= 0.3 is 0 Å². The highest BCUT2D eigenvalue weighted by atomic mass is 32.1. The maximum atomic E-state index is 5.89. The van der Waals surface area contributed by atoms with Crippen molar-refractivity contribution >= 4 is 22.9 Å². The van der Waals surface area contributed by atoms with Gasteiger partial charge in [-0.15, -0.1) is 11.3 Å². The van der Waals surface area contributed by atoms with Gasteiger partial charge in [0.05, 0.1) is 0 Å². The zero-order valence-corrected chi connectivity index (χ0v) is 8.42. The summed E-state index contributed by atoms with van der Waals surface area (Å²) in [7, 11) is 0. The smallest absolute Gasteiger partial charge is 0.286 e. The van der Waals surface area contributed by atoms with Crippen LogP contribution in [0.2, 0.25) is 0 Å². The summed E-state index contributed by atoms with van der Waals surface area (Å²) in [6.07, 6.45) is 0. The highest BCUT2D eigenvalue weighted by Crippen LogP contribution is 2.05. The normalized spacial score (nSPS) is 11.6. The van der Waals surface area contributed by atoms with Gasteiger partial charge in [0.2, 0.25) is 0 Å². The monoisotopic (exact) mass is 203 g/mol. The van der Waals surface area contributed by atoms with E-state index in [1.54, 1.807) is 11.3 Å². The summed E-state index contributed by atoms with van der Waals surface area (Å²) in [5.41, 5.74) is 6.90. The van der Waals surface area contributed by atoms with E-state index in [1.807, 2.05) is 47.8 Å². The molecule has 70 valence electrons. The second-order valence-electron chi connectivity index (χ2n) is 2.88. The summed E-state index contributed by atoms with van der Waals surface area (Å²) in [6, 6.07) is 13.9. The number of rotatable bonds is 2. The van der Waals surface area contributed by atoms with Crippen molar-refractivity contribution in [2.45, 2.75) is 0 Å². The number of hydrogen-bond donors (Lipinski definition) is 2. The molecule has 2 rings (SSSR count). The van der Waals surface area contributed by atoms with Crippen molar-refractivity contribution in [1.82, 2.24) is 0 Å². The fourth-order valence-electron chi connectivity index (χ4n) is 1.17. The van der Waals surface area contributed by atoms with Gasteiger partial charge in [-0.3, -0.25) is 5.73 Å². The van der Waals surface area contributed by atoms with Crippen LogP contribution in [0.3, 0.4) is 0 Å². The first-order chi connectivity index (χ1) is 6.86. The molecule has 2 nitrogen and oxygen atoms in total. The lowest BCUT2D eigenvalue weighted by Gasteiger charge is -1.91. The van der Waals surface area contributed by atoms with Gasteiger partial charge in [-0.05, 0) is 23.6 Å². The largest absolute Gasteiger partial charge is 0.288 e. The maximum Gasteiger partial charge on any atom is 0.288 e. The molecule has 0 spiro atoms. The van der Waals surface area contributed by atoms with E-state index in [0.29, 0.717) is 5.84 Å². The van der Waals surface area contributed by atoms with Gasteiger partial charge in [-0.1, -0.05) is 24.3 Å². The molecule has 0 unspecified atom stereocenters. The van der Waals surface area contributed by atoms with Gasteiger partial charge in [0.15, 0.2) is 0 Å². The lowest BCUT2D eigenvalue weighted by Crippen LogP contribution is -2.69. The lowest BCUT2D eigenvalue weighted by molar-refractivity contribution is -0.354. The molecule has 0 bridgehead atoms. The van der Waals surface area contributed by atoms with Crippen LogP contribution in [0.5, 0.6) is 0 Å². The highest BCUT2D eigenvalue weighted by Gasteiger charge is 2.04. The summed E-state index contributed by atoms with van der Waals surface area (Å²) < 4.78 is 0. The fourth-order valence-corrected chi connectivity index (χ4v) is 1.81. The molecular weight excluding hydrogens is 192 g/mol. The van der Waals surface area contributed by atoms with E-state index in [9.17, 15) is 0 Å². The van der Waals surface area contributed by atoms with E-state index in [-0.39, 0.29) is 0 Å². The van der Waals surface area contributed by atoms with Gasteiger partial charge in [0, 0.05) is 0 Å². The van der Waals surface area contributed by atoms with Crippen LogP contribution in [0.4, 0.5) is 5.69 Å². The van der Waals surface area contributed by atoms with Crippen LogP contribution in [-0.4, -0.2) is 5.84 Å². The molecule has 0 aliphatic rings. The third kappa shape index (κ3) is 2.00. The van der Waals surface area contributed by atoms with E-state index in [0.717, 1.165) is 10.6 Å². The van der Waals surface area contributed by atoms with Crippen LogP contribution in [0.25, 0.3) is 0 Å². The first-order valence-corrected chi connectivity index (χ1v) is 5.22. The summed E-state index contributed by atoms with van der Waals surface area (Å²) in [4.78, 5) is 4.21. The molecule has 0 saturated carbocycles. The molecular formula is C11H11N2S+. The molecule has 0 aliphatic carbocycles. The van der Waals surface area contributed by atoms with Crippen LogP contribution < -0.4 is 10.7 Å². The Kier molecular flexibility index (Phi) is 2.60. The van der Waals surface area contributed by atoms with Gasteiger partial charge in [-0.2, -0.15) is 0 Å². The van der Waals surface area contributed by atoms with Gasteiger partial charge in [0.1, 0.15) is 10.6 Å². The van der Waals surface area contributed by atoms with Gasteiger partial charge in [-0.25, -0.2) is 4.99 Å². The van der Waals surface area contributed by atoms with Crippen molar-refractivity contribution in [2.24, 2.45) is 5.73 Å². The number of benzene rings is 1. The Morgan fingerprint density at radius 2 is 1.86 bits per heavy atom. The highest BCUT2D eigenvalue weighted by molar-refractivity contribution is 7.12. The summed E-state index contributed by atoms with van der Waals surface area (Å²) >= 11 is 1.63. The minimum atomic E-state index is 0.700. The van der Waals surface area contributed by atoms with Gasteiger partial charge in [0.25, 0.3) is 5.84 Å². The summed E-state index contributed by atoms with van der Waals surface area (Å²) in [6.45, 7) is 0. The SMILES string of the molecule is NC(=[NH+]c1ccccc1)c1cccs1. The summed E-state index contributed by atoms with van der Waals surface area (Å²) in [5, 5.41) is 2.01. The molecule has 1 aromatic carbocycles. The van der Waals surface area contributed by atoms with E-state index >= 15 is 0 Å². The molecule has 14 heavy (non-hydrogen) atoms. The number of para-hydroxylation sites is 1. The minimum absolute atomic E-state index is 0.700. The van der Waals surface area contributed by atoms with Crippen molar-refractivity contribution in [3.8, 4) is 0 Å². The Balaban J connectivity index is 2.28. The Hall–Kier alpha value is -1.61. The van der Waals surface area contributed by atoms with Crippen LogP contribution in [0.1, 0.15) is 4.88 Å². The van der Waals surface area contributed by atoms with Crippen molar-refractivity contribution in [2.75, 3.05) is 0 Å². The number of thiophene rings is 1. The Morgan fingerprint density at radius 3 is 2.50 bits per heavy atom. The van der Waals surface area contributed by atoms with Crippen LogP contribution >= 0.6 is 11.3 Å². The molecule has 3 heteroatoms. The quantitative estimate of drug-likeness (QED) is 0.551. The van der Waals surface area contributed by atoms with Crippen LogP contribution in [0, 0.1) is 0 Å². The fraction of sp³-hybridized carbons (Fsp3) is 0. The van der Waals surface area contributed by atoms with E-state index < -0.39 is 0 Å². The molecule has 0 radical (unpaired) electrons. The predicted octanol–water partition coefficient (Wildman–Crippen LogP) is 0.866. The first-order valence-electron chi connectivity index (χ1n) is 4.34. The molecule has 1 aromatic heterocycles. The third-order valence-corrected chi connectivity index (χ3v) is 2.74. The van der Waals surface area contributed by atoms with Crippen molar-refractivity contribution in [3.05, 3.63) is 52.7 Å². The number of amidine groups is 1. The second-order valence-corrected chi connectivity index (χ2v) is 3.83. The predicted molar refractivity (Wildman–Crippen MR) is 59.7 cm³/mol. The average Bonchev–Trinajstić information content (AvgIpc) is 2.72. The first kappa shape index (κ1) is 8.97. The zero-order chi connectivity index (χ0) is 9.80. The lowest BCUT2D eigenvalue weighted by atomic mass is 10.3. The zero-order valence-electron chi connectivity index (χ0n) is 7.60. The van der Waals surface area contributed by atoms with Crippen LogP contribution in [-0.2, 0) is 0 Å². The van der Waals surface area contributed by atoms with E-state index in [2.05, 4.69) is 4.99 Å². The van der Waals surface area contributed by atoms with Crippen LogP contribution in [0.15, 0.2) is 47.8 Å². The molecule has 3 N–H and O–H groups in total. The van der Waals surface area contributed by atoms with Crippen molar-refractivity contribution in [3.63, 3.8) is 0 Å². The number of hydrogen-bond acceptors (Lipinski definition) is 1. The molecule has 0 amide bonds. The van der Waals surface area contributed by atoms with Crippen molar-refractivity contribution < 1.29 is 4.99 Å². The third-order valence-electron chi connectivity index (χ3n) is 1.84. The second kappa shape index (κ2) is 4.07. The minimum Gasteiger partial charge on any atom is -0.286 e. The number of nitrogen functional groups attached to an aromatic ring is 1. The Bertz CT molecular complexity index is 418.